The van der Waals surface area contributed by atoms with Crippen LogP contribution in [0.3, 0.4) is 0 Å². The van der Waals surface area contributed by atoms with E-state index in [4.69, 9.17) is 5.73 Å². The van der Waals surface area contributed by atoms with Gasteiger partial charge in [-0.2, -0.15) is 0 Å². The van der Waals surface area contributed by atoms with Crippen molar-refractivity contribution in [2.45, 2.75) is 38.5 Å². The van der Waals surface area contributed by atoms with E-state index in [0.29, 0.717) is 12.8 Å². The van der Waals surface area contributed by atoms with E-state index in [1.165, 1.54) is 0 Å². The molecule has 1 saturated carbocycles. The number of ether oxygens (including phenoxy) is 1. The van der Waals surface area contributed by atoms with Gasteiger partial charge >= 0.3 is 12.1 Å². The monoisotopic (exact) mass is 297 g/mol. The van der Waals surface area contributed by atoms with Gasteiger partial charge < -0.3 is 10.5 Å². The zero-order valence-corrected chi connectivity index (χ0v) is 11.7. The third-order valence-corrected chi connectivity index (χ3v) is 4.07. The number of nitrogens with zero attached hydrogens (tertiary/aromatic N) is 1. The van der Waals surface area contributed by atoms with Crippen molar-refractivity contribution in [3.63, 3.8) is 0 Å². The lowest BCUT2D eigenvalue weighted by molar-refractivity contribution is -0.152. The molecule has 0 unspecified atom stereocenters. The molecule has 5 amide bonds. The van der Waals surface area contributed by atoms with E-state index in [0.717, 1.165) is 30.6 Å². The largest absolute Gasteiger partial charge is 0.448 e. The van der Waals surface area contributed by atoms with Crippen LogP contribution in [0.1, 0.15) is 38.5 Å². The average molecular weight is 297 g/mol. The zero-order chi connectivity index (χ0) is 15.5. The maximum absolute atomic E-state index is 12.6. The molecule has 2 rings (SSSR count). The van der Waals surface area contributed by atoms with Gasteiger partial charge in [-0.15, -0.1) is 0 Å². The van der Waals surface area contributed by atoms with Crippen molar-refractivity contribution >= 4 is 23.9 Å². The predicted octanol–water partition coefficient (Wildman–Crippen LogP) is 0.501. The molecule has 8 nitrogen and oxygen atoms in total. The Hall–Kier alpha value is -2.12. The van der Waals surface area contributed by atoms with Crippen LogP contribution in [-0.2, 0) is 14.3 Å². The van der Waals surface area contributed by atoms with Crippen molar-refractivity contribution < 1.29 is 23.9 Å². The first-order chi connectivity index (χ1) is 9.97. The van der Waals surface area contributed by atoms with Crippen molar-refractivity contribution in [3.05, 3.63) is 0 Å². The highest BCUT2D eigenvalue weighted by Crippen LogP contribution is 2.38. The number of primary amides is 1. The molecule has 0 bridgehead atoms. The third kappa shape index (κ3) is 2.98. The third-order valence-electron chi connectivity index (χ3n) is 4.07. The van der Waals surface area contributed by atoms with E-state index in [2.05, 4.69) is 10.1 Å². The second-order valence-corrected chi connectivity index (χ2v) is 5.38. The van der Waals surface area contributed by atoms with Gasteiger partial charge in [0.1, 0.15) is 12.0 Å². The van der Waals surface area contributed by atoms with E-state index in [1.807, 2.05) is 0 Å². The second-order valence-electron chi connectivity index (χ2n) is 5.38. The Kier molecular flexibility index (Phi) is 4.44. The summed E-state index contributed by atoms with van der Waals surface area (Å²) < 4.78 is 4.55. The van der Waals surface area contributed by atoms with Crippen LogP contribution in [0.25, 0.3) is 0 Å². The van der Waals surface area contributed by atoms with Crippen molar-refractivity contribution in [3.8, 4) is 0 Å². The Morgan fingerprint density at radius 3 is 2.38 bits per heavy atom. The number of urea groups is 1. The van der Waals surface area contributed by atoms with Crippen LogP contribution >= 0.6 is 0 Å². The molecule has 2 aliphatic rings. The van der Waals surface area contributed by atoms with E-state index < -0.39 is 29.4 Å². The normalized spacial score (nSPS) is 21.9. The van der Waals surface area contributed by atoms with Gasteiger partial charge in [-0.05, 0) is 12.8 Å². The molecule has 1 saturated heterocycles. The Labute approximate surface area is 122 Å². The summed E-state index contributed by atoms with van der Waals surface area (Å²) in [7, 11) is 0. The number of amides is 5. The van der Waals surface area contributed by atoms with E-state index in [1.54, 1.807) is 0 Å². The molecule has 1 aliphatic carbocycles. The molecule has 21 heavy (non-hydrogen) atoms. The van der Waals surface area contributed by atoms with Crippen molar-refractivity contribution in [2.24, 2.45) is 11.1 Å². The molecule has 0 aromatic rings. The highest BCUT2D eigenvalue weighted by Gasteiger charge is 2.53. The molecule has 1 aliphatic heterocycles. The Balaban J connectivity index is 2.14. The first kappa shape index (κ1) is 15.3. The van der Waals surface area contributed by atoms with Gasteiger partial charge in [-0.25, -0.2) is 9.59 Å². The molecule has 1 spiro atoms. The van der Waals surface area contributed by atoms with Gasteiger partial charge in [0.25, 0.3) is 0 Å². The first-order valence-electron chi connectivity index (χ1n) is 7.07. The van der Waals surface area contributed by atoms with Crippen LogP contribution in [0, 0.1) is 5.41 Å². The van der Waals surface area contributed by atoms with Crippen LogP contribution in [0.5, 0.6) is 0 Å². The predicted molar refractivity (Wildman–Crippen MR) is 70.9 cm³/mol. The van der Waals surface area contributed by atoms with Gasteiger partial charge in [0.05, 0.1) is 6.54 Å². The zero-order valence-electron chi connectivity index (χ0n) is 11.7. The standard InChI is InChI=1S/C13H19N3O5/c14-11(19)21-8-7-16-10(18)13(9(17)15-12(16)20)5-3-1-2-4-6-13/h1-8H2,(H2,14,19)(H,15,17,20). The van der Waals surface area contributed by atoms with Crippen LogP contribution in [0.4, 0.5) is 9.59 Å². The number of hydrogen-bond acceptors (Lipinski definition) is 5. The summed E-state index contributed by atoms with van der Waals surface area (Å²) in [6.45, 7) is -0.290. The SMILES string of the molecule is NC(=O)OCCN1C(=O)NC(=O)C2(CCCCCC2)C1=O. The highest BCUT2D eigenvalue weighted by atomic mass is 16.5. The number of hydrogen-bond donors (Lipinski definition) is 2. The van der Waals surface area contributed by atoms with E-state index >= 15 is 0 Å². The highest BCUT2D eigenvalue weighted by molar-refractivity contribution is 6.19. The molecule has 1 heterocycles. The number of carbonyl (C=O) groups excluding carboxylic acids is 4. The quantitative estimate of drug-likeness (QED) is 0.735. The minimum absolute atomic E-state index is 0.108. The van der Waals surface area contributed by atoms with Crippen molar-refractivity contribution in [1.29, 1.82) is 0 Å². The van der Waals surface area contributed by atoms with Gasteiger partial charge in [0.15, 0.2) is 0 Å². The number of nitrogens with one attached hydrogen (secondary N) is 1. The van der Waals surface area contributed by atoms with E-state index in [-0.39, 0.29) is 13.2 Å². The summed E-state index contributed by atoms with van der Waals surface area (Å²) >= 11 is 0. The molecule has 2 fully saturated rings. The maximum Gasteiger partial charge on any atom is 0.404 e. The number of imide groups is 2. The van der Waals surface area contributed by atoms with Crippen LogP contribution in [-0.4, -0.2) is 42.0 Å². The summed E-state index contributed by atoms with van der Waals surface area (Å²) in [5.74, 6) is -1.00. The second kappa shape index (κ2) is 6.11. The number of nitrogens with two attached hydrogens (primary N) is 1. The molecule has 0 atom stereocenters. The van der Waals surface area contributed by atoms with Gasteiger partial charge in [0.2, 0.25) is 11.8 Å². The summed E-state index contributed by atoms with van der Waals surface area (Å²) in [5, 5.41) is 2.24. The summed E-state index contributed by atoms with van der Waals surface area (Å²) in [4.78, 5) is 48.1. The van der Waals surface area contributed by atoms with Crippen molar-refractivity contribution in [1.82, 2.24) is 10.2 Å². The minimum atomic E-state index is -1.16. The molecule has 0 radical (unpaired) electrons. The van der Waals surface area contributed by atoms with Gasteiger partial charge in [0, 0.05) is 0 Å². The molecule has 3 N–H and O–H groups in total. The Morgan fingerprint density at radius 2 is 1.81 bits per heavy atom. The van der Waals surface area contributed by atoms with Crippen LogP contribution in [0.2, 0.25) is 0 Å². The number of rotatable bonds is 3. The lowest BCUT2D eigenvalue weighted by Gasteiger charge is -2.38. The lowest BCUT2D eigenvalue weighted by Crippen LogP contribution is -2.64. The minimum Gasteiger partial charge on any atom is -0.448 e. The number of carbonyl (C=O) groups is 4. The lowest BCUT2D eigenvalue weighted by atomic mass is 9.77. The fraction of sp³-hybridized carbons (Fsp3) is 0.692. The van der Waals surface area contributed by atoms with Gasteiger partial charge in [-0.1, -0.05) is 25.7 Å². The molecular weight excluding hydrogens is 278 g/mol. The van der Waals surface area contributed by atoms with Crippen LogP contribution in [0.15, 0.2) is 0 Å². The maximum atomic E-state index is 12.6. The number of barbiturate groups is 1. The average Bonchev–Trinajstić information content (AvgIpc) is 2.67. The topological polar surface area (TPSA) is 119 Å². The molecule has 0 aromatic heterocycles. The summed E-state index contributed by atoms with van der Waals surface area (Å²) in [6.07, 6.45) is 3.41. The first-order valence-corrected chi connectivity index (χ1v) is 7.07. The molecule has 8 heteroatoms. The van der Waals surface area contributed by atoms with Crippen molar-refractivity contribution in [2.75, 3.05) is 13.2 Å². The summed E-state index contributed by atoms with van der Waals surface area (Å²) in [5.41, 5.74) is 3.68. The Morgan fingerprint density at radius 1 is 1.19 bits per heavy atom. The fourth-order valence-corrected chi connectivity index (χ4v) is 2.95. The Bertz CT molecular complexity index is 468. The fourth-order valence-electron chi connectivity index (χ4n) is 2.95. The molecule has 0 aromatic carbocycles. The molecular formula is C13H19N3O5. The molecule has 116 valence electrons. The van der Waals surface area contributed by atoms with E-state index in [9.17, 15) is 19.2 Å². The van der Waals surface area contributed by atoms with Crippen LogP contribution < -0.4 is 11.1 Å². The smallest absolute Gasteiger partial charge is 0.404 e. The van der Waals surface area contributed by atoms with Gasteiger partial charge in [-0.3, -0.25) is 19.8 Å². The summed E-state index contributed by atoms with van der Waals surface area (Å²) in [6, 6.07) is -0.770.